The van der Waals surface area contributed by atoms with Gasteiger partial charge in [0.15, 0.2) is 0 Å². The smallest absolute Gasteiger partial charge is 0.0833 e. The van der Waals surface area contributed by atoms with Gasteiger partial charge >= 0.3 is 0 Å². The lowest BCUT2D eigenvalue weighted by molar-refractivity contribution is -0.0408. The molecule has 16 heavy (non-hydrogen) atoms. The van der Waals surface area contributed by atoms with Gasteiger partial charge in [-0.15, -0.1) is 0 Å². The summed E-state index contributed by atoms with van der Waals surface area (Å²) in [7, 11) is 0. The normalized spacial score (nSPS) is 15.0. The SMILES string of the molecule is CCCCCCCC(O)C(CCC)OCC. The molecular weight excluding hydrogens is 200 g/mol. The average Bonchev–Trinajstić information content (AvgIpc) is 2.28. The number of hydrogen-bond acceptors (Lipinski definition) is 2. The van der Waals surface area contributed by atoms with Crippen LogP contribution in [-0.2, 0) is 4.74 Å². The molecule has 0 spiro atoms. The third-order valence-electron chi connectivity index (χ3n) is 2.99. The highest BCUT2D eigenvalue weighted by Gasteiger charge is 2.17. The lowest BCUT2D eigenvalue weighted by Crippen LogP contribution is -2.29. The number of aliphatic hydroxyl groups excluding tert-OH is 1. The molecule has 2 atom stereocenters. The summed E-state index contributed by atoms with van der Waals surface area (Å²) >= 11 is 0. The molecule has 1 N–H and O–H groups in total. The highest BCUT2D eigenvalue weighted by atomic mass is 16.5. The Kier molecular flexibility index (Phi) is 11.3. The van der Waals surface area contributed by atoms with Gasteiger partial charge in [0.2, 0.25) is 0 Å². The summed E-state index contributed by atoms with van der Waals surface area (Å²) in [6, 6.07) is 0. The van der Waals surface area contributed by atoms with Crippen LogP contribution in [0.1, 0.15) is 72.1 Å². The predicted octanol–water partition coefficient (Wildman–Crippen LogP) is 3.91. The molecule has 0 saturated heterocycles. The van der Waals surface area contributed by atoms with Crippen molar-refractivity contribution in [3.63, 3.8) is 0 Å². The monoisotopic (exact) mass is 230 g/mol. The van der Waals surface area contributed by atoms with Gasteiger partial charge in [-0.2, -0.15) is 0 Å². The summed E-state index contributed by atoms with van der Waals surface area (Å²) in [6.45, 7) is 7.06. The van der Waals surface area contributed by atoms with Gasteiger partial charge in [0.25, 0.3) is 0 Å². The van der Waals surface area contributed by atoms with Crippen LogP contribution in [0.3, 0.4) is 0 Å². The molecule has 0 bridgehead atoms. The second-order valence-electron chi connectivity index (χ2n) is 4.55. The van der Waals surface area contributed by atoms with Gasteiger partial charge < -0.3 is 9.84 Å². The van der Waals surface area contributed by atoms with E-state index in [0.717, 1.165) is 25.7 Å². The minimum absolute atomic E-state index is 0.0566. The first-order chi connectivity index (χ1) is 7.76. The molecule has 0 saturated carbocycles. The van der Waals surface area contributed by atoms with Crippen molar-refractivity contribution in [1.82, 2.24) is 0 Å². The fourth-order valence-electron chi connectivity index (χ4n) is 2.03. The van der Waals surface area contributed by atoms with Crippen molar-refractivity contribution in [2.75, 3.05) is 6.61 Å². The maximum absolute atomic E-state index is 10.0. The number of aliphatic hydroxyl groups is 1. The minimum atomic E-state index is -0.262. The van der Waals surface area contributed by atoms with Gasteiger partial charge in [-0.05, 0) is 19.8 Å². The van der Waals surface area contributed by atoms with E-state index in [2.05, 4.69) is 13.8 Å². The topological polar surface area (TPSA) is 29.5 Å². The van der Waals surface area contributed by atoms with Crippen molar-refractivity contribution in [2.45, 2.75) is 84.3 Å². The van der Waals surface area contributed by atoms with Gasteiger partial charge in [0, 0.05) is 6.61 Å². The van der Waals surface area contributed by atoms with Gasteiger partial charge in [-0.3, -0.25) is 0 Å². The van der Waals surface area contributed by atoms with Crippen molar-refractivity contribution < 1.29 is 9.84 Å². The molecule has 0 aromatic rings. The largest absolute Gasteiger partial charge is 0.390 e. The fourth-order valence-corrected chi connectivity index (χ4v) is 2.03. The quantitative estimate of drug-likeness (QED) is 0.545. The zero-order valence-electron chi connectivity index (χ0n) is 11.4. The van der Waals surface area contributed by atoms with Gasteiger partial charge in [-0.1, -0.05) is 52.4 Å². The zero-order chi connectivity index (χ0) is 12.2. The van der Waals surface area contributed by atoms with E-state index in [9.17, 15) is 5.11 Å². The molecule has 0 radical (unpaired) electrons. The third-order valence-corrected chi connectivity index (χ3v) is 2.99. The minimum Gasteiger partial charge on any atom is -0.390 e. The van der Waals surface area contributed by atoms with E-state index in [1.807, 2.05) is 6.92 Å². The van der Waals surface area contributed by atoms with Gasteiger partial charge in [-0.25, -0.2) is 0 Å². The zero-order valence-corrected chi connectivity index (χ0v) is 11.4. The number of unbranched alkanes of at least 4 members (excludes halogenated alkanes) is 4. The number of rotatable bonds is 11. The molecule has 0 aliphatic carbocycles. The molecule has 0 aliphatic heterocycles. The molecule has 0 aromatic carbocycles. The number of hydrogen-bond donors (Lipinski definition) is 1. The van der Waals surface area contributed by atoms with Crippen molar-refractivity contribution >= 4 is 0 Å². The molecule has 0 heterocycles. The molecule has 0 aromatic heterocycles. The first-order valence-electron chi connectivity index (χ1n) is 7.05. The predicted molar refractivity (Wildman–Crippen MR) is 69.7 cm³/mol. The van der Waals surface area contributed by atoms with E-state index in [-0.39, 0.29) is 12.2 Å². The lowest BCUT2D eigenvalue weighted by atomic mass is 10.0. The summed E-state index contributed by atoms with van der Waals surface area (Å²) in [4.78, 5) is 0. The average molecular weight is 230 g/mol. The Bertz CT molecular complexity index is 131. The third kappa shape index (κ3) is 8.12. The summed E-state index contributed by atoms with van der Waals surface area (Å²) < 4.78 is 5.57. The molecule has 0 fully saturated rings. The van der Waals surface area contributed by atoms with E-state index in [0.29, 0.717) is 6.61 Å². The second kappa shape index (κ2) is 11.4. The summed E-state index contributed by atoms with van der Waals surface area (Å²) in [6.07, 6.45) is 9.03. The standard InChI is InChI=1S/C14H30O2/c1-4-7-8-9-10-12-13(15)14(11-5-2)16-6-3/h13-15H,4-12H2,1-3H3. The van der Waals surface area contributed by atoms with Crippen LogP contribution in [0.15, 0.2) is 0 Å². The molecule has 2 nitrogen and oxygen atoms in total. The Hall–Kier alpha value is -0.0800. The fraction of sp³-hybridized carbons (Fsp3) is 1.00. The van der Waals surface area contributed by atoms with E-state index >= 15 is 0 Å². The van der Waals surface area contributed by atoms with Crippen molar-refractivity contribution in [2.24, 2.45) is 0 Å². The summed E-state index contributed by atoms with van der Waals surface area (Å²) in [5, 5.41) is 10.0. The molecule has 0 aliphatic rings. The highest BCUT2D eigenvalue weighted by Crippen LogP contribution is 2.14. The van der Waals surface area contributed by atoms with Gasteiger partial charge in [0.05, 0.1) is 12.2 Å². The van der Waals surface area contributed by atoms with Crippen molar-refractivity contribution in [3.8, 4) is 0 Å². The Morgan fingerprint density at radius 2 is 1.56 bits per heavy atom. The first-order valence-corrected chi connectivity index (χ1v) is 7.05. The molecule has 0 rings (SSSR count). The van der Waals surface area contributed by atoms with Crippen LogP contribution in [0.5, 0.6) is 0 Å². The summed E-state index contributed by atoms with van der Waals surface area (Å²) in [5.74, 6) is 0. The van der Waals surface area contributed by atoms with Crippen LogP contribution in [0.25, 0.3) is 0 Å². The molecular formula is C14H30O2. The Labute approximate surface area is 101 Å². The van der Waals surface area contributed by atoms with Crippen LogP contribution < -0.4 is 0 Å². The second-order valence-corrected chi connectivity index (χ2v) is 4.55. The number of ether oxygens (including phenoxy) is 1. The van der Waals surface area contributed by atoms with Crippen LogP contribution in [0.2, 0.25) is 0 Å². The lowest BCUT2D eigenvalue weighted by Gasteiger charge is -2.22. The van der Waals surface area contributed by atoms with E-state index < -0.39 is 0 Å². The summed E-state index contributed by atoms with van der Waals surface area (Å²) in [5.41, 5.74) is 0. The van der Waals surface area contributed by atoms with Crippen LogP contribution in [0.4, 0.5) is 0 Å². The van der Waals surface area contributed by atoms with Crippen molar-refractivity contribution in [3.05, 3.63) is 0 Å². The Balaban J connectivity index is 3.60. The van der Waals surface area contributed by atoms with E-state index in [1.54, 1.807) is 0 Å². The van der Waals surface area contributed by atoms with Crippen LogP contribution >= 0.6 is 0 Å². The maximum Gasteiger partial charge on any atom is 0.0833 e. The van der Waals surface area contributed by atoms with Crippen LogP contribution in [0, 0.1) is 0 Å². The van der Waals surface area contributed by atoms with E-state index in [4.69, 9.17) is 4.74 Å². The van der Waals surface area contributed by atoms with Gasteiger partial charge in [0.1, 0.15) is 0 Å². The molecule has 98 valence electrons. The van der Waals surface area contributed by atoms with Crippen molar-refractivity contribution in [1.29, 1.82) is 0 Å². The maximum atomic E-state index is 10.0. The first kappa shape index (κ1) is 15.9. The Morgan fingerprint density at radius 1 is 0.875 bits per heavy atom. The van der Waals surface area contributed by atoms with Crippen LogP contribution in [-0.4, -0.2) is 23.9 Å². The molecule has 2 unspecified atom stereocenters. The van der Waals surface area contributed by atoms with E-state index in [1.165, 1.54) is 25.7 Å². The highest BCUT2D eigenvalue weighted by molar-refractivity contribution is 4.68. The Morgan fingerprint density at radius 3 is 2.12 bits per heavy atom. The molecule has 2 heteroatoms. The molecule has 0 amide bonds.